The minimum Gasteiger partial charge on any atom is -0.480 e. The Kier molecular flexibility index (Phi) is 7.00. The van der Waals surface area contributed by atoms with Crippen molar-refractivity contribution in [3.8, 4) is 0 Å². The third-order valence-corrected chi connectivity index (χ3v) is 5.53. The molecule has 5 nitrogen and oxygen atoms in total. The van der Waals surface area contributed by atoms with E-state index in [-0.39, 0.29) is 23.8 Å². The molecule has 1 fully saturated rings. The van der Waals surface area contributed by atoms with Gasteiger partial charge in [0.1, 0.15) is 6.04 Å². The maximum Gasteiger partial charge on any atom is 0.320 e. The van der Waals surface area contributed by atoms with Crippen LogP contribution in [0.5, 0.6) is 0 Å². The Labute approximate surface area is 150 Å². The van der Waals surface area contributed by atoms with Crippen LogP contribution in [0.4, 0.5) is 0 Å². The molecule has 2 atom stereocenters. The Hall–Kier alpha value is -1.88. The van der Waals surface area contributed by atoms with E-state index in [1.54, 1.807) is 0 Å². The summed E-state index contributed by atoms with van der Waals surface area (Å²) >= 11 is 0. The number of rotatable bonds is 9. The molecule has 1 aromatic carbocycles. The van der Waals surface area contributed by atoms with Gasteiger partial charge in [-0.25, -0.2) is 0 Å². The van der Waals surface area contributed by atoms with Crippen LogP contribution in [0.2, 0.25) is 0 Å². The van der Waals surface area contributed by atoms with Gasteiger partial charge in [-0.05, 0) is 24.3 Å². The van der Waals surface area contributed by atoms with Crippen molar-refractivity contribution in [1.29, 1.82) is 0 Å². The average Bonchev–Trinajstić information content (AvgIpc) is 3.10. The van der Waals surface area contributed by atoms with Gasteiger partial charge in [0.2, 0.25) is 5.91 Å². The van der Waals surface area contributed by atoms with Gasteiger partial charge in [-0.1, -0.05) is 63.4 Å². The normalized spacial score (nSPS) is 18.5. The summed E-state index contributed by atoms with van der Waals surface area (Å²) in [5.74, 6) is -1.06. The molecule has 0 heterocycles. The quantitative estimate of drug-likeness (QED) is 0.642. The van der Waals surface area contributed by atoms with Gasteiger partial charge < -0.3 is 10.4 Å². The van der Waals surface area contributed by atoms with E-state index < -0.39 is 12.0 Å². The third kappa shape index (κ3) is 5.05. The first-order valence-corrected chi connectivity index (χ1v) is 9.27. The summed E-state index contributed by atoms with van der Waals surface area (Å²) < 4.78 is 0. The van der Waals surface area contributed by atoms with Crippen LogP contribution in [-0.2, 0) is 15.0 Å². The molecular weight excluding hydrogens is 316 g/mol. The summed E-state index contributed by atoms with van der Waals surface area (Å²) in [5.41, 5.74) is 1.29. The first kappa shape index (κ1) is 19.4. The van der Waals surface area contributed by atoms with Crippen LogP contribution < -0.4 is 10.6 Å². The summed E-state index contributed by atoms with van der Waals surface area (Å²) in [6, 6.07) is 9.68. The molecule has 1 saturated carbocycles. The van der Waals surface area contributed by atoms with Gasteiger partial charge >= 0.3 is 5.97 Å². The number of hydrogen-bond acceptors (Lipinski definition) is 3. The molecule has 5 heteroatoms. The zero-order valence-corrected chi connectivity index (χ0v) is 15.3. The highest BCUT2D eigenvalue weighted by Crippen LogP contribution is 2.40. The van der Waals surface area contributed by atoms with Gasteiger partial charge in [-0.3, -0.25) is 14.9 Å². The smallest absolute Gasteiger partial charge is 0.320 e. The van der Waals surface area contributed by atoms with Crippen molar-refractivity contribution in [2.75, 3.05) is 13.1 Å². The SMILES string of the molecule is CC[C@H](C)[C@H](NCC(=O)NCC1(c2ccccc2)CCCC1)C(=O)O. The van der Waals surface area contributed by atoms with E-state index in [0.717, 1.165) is 19.3 Å². The monoisotopic (exact) mass is 346 g/mol. The number of nitrogens with one attached hydrogen (secondary N) is 2. The van der Waals surface area contributed by atoms with Gasteiger partial charge in [0, 0.05) is 12.0 Å². The van der Waals surface area contributed by atoms with Gasteiger partial charge in [-0.2, -0.15) is 0 Å². The summed E-state index contributed by atoms with van der Waals surface area (Å²) in [6.07, 6.45) is 5.27. The summed E-state index contributed by atoms with van der Waals surface area (Å²) in [5, 5.41) is 15.2. The van der Waals surface area contributed by atoms with Crippen molar-refractivity contribution < 1.29 is 14.7 Å². The molecule has 0 bridgehead atoms. The fourth-order valence-electron chi connectivity index (χ4n) is 3.71. The number of benzene rings is 1. The Bertz CT molecular complexity index is 568. The van der Waals surface area contributed by atoms with Crippen molar-refractivity contribution >= 4 is 11.9 Å². The fraction of sp³-hybridized carbons (Fsp3) is 0.600. The largest absolute Gasteiger partial charge is 0.480 e. The van der Waals surface area contributed by atoms with Crippen LogP contribution in [-0.4, -0.2) is 36.1 Å². The van der Waals surface area contributed by atoms with Gasteiger partial charge in [0.15, 0.2) is 0 Å². The van der Waals surface area contributed by atoms with E-state index in [4.69, 9.17) is 0 Å². The molecule has 0 aliphatic heterocycles. The number of carbonyl (C=O) groups excluding carboxylic acids is 1. The van der Waals surface area contributed by atoms with E-state index in [2.05, 4.69) is 22.8 Å². The van der Waals surface area contributed by atoms with E-state index in [1.165, 1.54) is 18.4 Å². The zero-order valence-electron chi connectivity index (χ0n) is 15.3. The topological polar surface area (TPSA) is 78.4 Å². The summed E-state index contributed by atoms with van der Waals surface area (Å²) in [6.45, 7) is 4.48. The molecule has 25 heavy (non-hydrogen) atoms. The maximum atomic E-state index is 12.2. The van der Waals surface area contributed by atoms with Crippen molar-refractivity contribution in [3.63, 3.8) is 0 Å². The van der Waals surface area contributed by atoms with E-state index in [0.29, 0.717) is 6.54 Å². The van der Waals surface area contributed by atoms with Crippen molar-refractivity contribution in [3.05, 3.63) is 35.9 Å². The highest BCUT2D eigenvalue weighted by atomic mass is 16.4. The molecule has 1 aliphatic carbocycles. The molecule has 138 valence electrons. The Balaban J connectivity index is 1.91. The number of hydrogen-bond donors (Lipinski definition) is 3. The Morgan fingerprint density at radius 3 is 2.40 bits per heavy atom. The van der Waals surface area contributed by atoms with Crippen LogP contribution >= 0.6 is 0 Å². The van der Waals surface area contributed by atoms with Gasteiger partial charge in [0.05, 0.1) is 6.54 Å². The first-order valence-electron chi connectivity index (χ1n) is 9.27. The predicted molar refractivity (Wildman–Crippen MR) is 98.5 cm³/mol. The zero-order chi connectivity index (χ0) is 18.3. The number of amides is 1. The minimum absolute atomic E-state index is 0.0137. The van der Waals surface area contributed by atoms with Crippen LogP contribution in [0.3, 0.4) is 0 Å². The Morgan fingerprint density at radius 2 is 1.84 bits per heavy atom. The lowest BCUT2D eigenvalue weighted by Gasteiger charge is -2.30. The van der Waals surface area contributed by atoms with Crippen LogP contribution in [0, 0.1) is 5.92 Å². The highest BCUT2D eigenvalue weighted by molar-refractivity contribution is 5.80. The summed E-state index contributed by atoms with van der Waals surface area (Å²) in [4.78, 5) is 23.6. The Morgan fingerprint density at radius 1 is 1.20 bits per heavy atom. The van der Waals surface area contributed by atoms with E-state index in [1.807, 2.05) is 32.0 Å². The molecule has 2 rings (SSSR count). The molecule has 0 spiro atoms. The predicted octanol–water partition coefficient (Wildman–Crippen LogP) is 2.70. The molecule has 0 aromatic heterocycles. The molecule has 0 radical (unpaired) electrons. The maximum absolute atomic E-state index is 12.2. The second-order valence-electron chi connectivity index (χ2n) is 7.21. The number of carboxylic acid groups (broad SMARTS) is 1. The third-order valence-electron chi connectivity index (χ3n) is 5.53. The average molecular weight is 346 g/mol. The molecule has 0 unspecified atom stereocenters. The van der Waals surface area contributed by atoms with Crippen LogP contribution in [0.1, 0.15) is 51.5 Å². The lowest BCUT2D eigenvalue weighted by atomic mass is 9.79. The van der Waals surface area contributed by atoms with Crippen molar-refractivity contribution in [2.24, 2.45) is 5.92 Å². The molecule has 0 saturated heterocycles. The van der Waals surface area contributed by atoms with Crippen molar-refractivity contribution in [2.45, 2.75) is 57.4 Å². The molecule has 1 aliphatic rings. The number of aliphatic carboxylic acids is 1. The second-order valence-corrected chi connectivity index (χ2v) is 7.21. The fourth-order valence-corrected chi connectivity index (χ4v) is 3.71. The second kappa shape index (κ2) is 8.99. The molecular formula is C20H30N2O3. The molecule has 3 N–H and O–H groups in total. The number of carbonyl (C=O) groups is 2. The number of carboxylic acids is 1. The first-order chi connectivity index (χ1) is 12.0. The highest BCUT2D eigenvalue weighted by Gasteiger charge is 2.35. The van der Waals surface area contributed by atoms with Crippen LogP contribution in [0.25, 0.3) is 0 Å². The lowest BCUT2D eigenvalue weighted by molar-refractivity contribution is -0.141. The summed E-state index contributed by atoms with van der Waals surface area (Å²) in [7, 11) is 0. The van der Waals surface area contributed by atoms with Crippen LogP contribution in [0.15, 0.2) is 30.3 Å². The lowest BCUT2D eigenvalue weighted by Crippen LogP contribution is -2.48. The molecule has 1 aromatic rings. The van der Waals surface area contributed by atoms with Gasteiger partial charge in [-0.15, -0.1) is 0 Å². The van der Waals surface area contributed by atoms with E-state index in [9.17, 15) is 14.7 Å². The van der Waals surface area contributed by atoms with E-state index >= 15 is 0 Å². The van der Waals surface area contributed by atoms with Crippen molar-refractivity contribution in [1.82, 2.24) is 10.6 Å². The molecule has 1 amide bonds. The van der Waals surface area contributed by atoms with Gasteiger partial charge in [0.25, 0.3) is 0 Å². The minimum atomic E-state index is -0.904. The standard InChI is InChI=1S/C20H30N2O3/c1-3-15(2)18(19(24)25)21-13-17(23)22-14-20(11-7-8-12-20)16-9-5-4-6-10-16/h4-6,9-10,15,18,21H,3,7-8,11-14H2,1-2H3,(H,22,23)(H,24,25)/t15-,18-/m0/s1.